The molecule has 1 saturated heterocycles. The van der Waals surface area contributed by atoms with Gasteiger partial charge >= 0.3 is 11.8 Å². The van der Waals surface area contributed by atoms with Crippen molar-refractivity contribution in [2.24, 2.45) is 0 Å². The van der Waals surface area contributed by atoms with Crippen LogP contribution in [-0.2, 0) is 9.59 Å². The van der Waals surface area contributed by atoms with Crippen molar-refractivity contribution in [2.45, 2.75) is 39.7 Å². The summed E-state index contributed by atoms with van der Waals surface area (Å²) in [7, 11) is 0. The Morgan fingerprint density at radius 1 is 0.967 bits per heavy atom. The zero-order chi connectivity index (χ0) is 21.4. The highest BCUT2D eigenvalue weighted by Gasteiger charge is 2.32. The lowest BCUT2D eigenvalue weighted by atomic mass is 10.1. The van der Waals surface area contributed by atoms with Gasteiger partial charge in [0.25, 0.3) is 5.91 Å². The van der Waals surface area contributed by atoms with E-state index >= 15 is 0 Å². The molecule has 2 heterocycles. The molecule has 9 nitrogen and oxygen atoms in total. The molecule has 0 bridgehead atoms. The van der Waals surface area contributed by atoms with Gasteiger partial charge in [-0.25, -0.2) is 0 Å². The highest BCUT2D eigenvalue weighted by molar-refractivity contribution is 6.35. The summed E-state index contributed by atoms with van der Waals surface area (Å²) in [6, 6.07) is 6.12. The predicted octanol–water partition coefficient (Wildman–Crippen LogP) is 0.756. The maximum Gasteiger partial charge on any atom is 0.312 e. The third-order valence-electron chi connectivity index (χ3n) is 5.51. The van der Waals surface area contributed by atoms with Crippen molar-refractivity contribution in [3.63, 3.8) is 0 Å². The average molecular weight is 410 g/mol. The summed E-state index contributed by atoms with van der Waals surface area (Å²) in [5.41, 5.74) is 3.87. The maximum absolute atomic E-state index is 13.0. The number of aromatic nitrogens is 3. The van der Waals surface area contributed by atoms with Crippen molar-refractivity contribution in [3.05, 3.63) is 40.7 Å². The normalized spacial score (nSPS) is 16.5. The molecule has 1 aliphatic carbocycles. The first-order valence-electron chi connectivity index (χ1n) is 10.2. The fraction of sp³-hybridized carbons (Fsp3) is 0.476. The number of nitrogens with one attached hydrogen (secondary N) is 1. The molecular formula is C21H26N6O3. The Labute approximate surface area is 175 Å². The largest absolute Gasteiger partial charge is 0.345 e. The number of carbonyl (C=O) groups is 3. The van der Waals surface area contributed by atoms with Crippen LogP contribution in [-0.4, -0.2) is 74.7 Å². The van der Waals surface area contributed by atoms with Crippen LogP contribution < -0.4 is 5.32 Å². The monoisotopic (exact) mass is 410 g/mol. The number of rotatable bonds is 3. The summed E-state index contributed by atoms with van der Waals surface area (Å²) >= 11 is 0. The van der Waals surface area contributed by atoms with Gasteiger partial charge in [0, 0.05) is 32.2 Å². The van der Waals surface area contributed by atoms with Gasteiger partial charge < -0.3 is 15.1 Å². The lowest BCUT2D eigenvalue weighted by Gasteiger charge is -2.34. The van der Waals surface area contributed by atoms with E-state index in [0.717, 1.165) is 29.7 Å². The van der Waals surface area contributed by atoms with Crippen LogP contribution in [0.5, 0.6) is 0 Å². The van der Waals surface area contributed by atoms with E-state index < -0.39 is 11.8 Å². The smallest absolute Gasteiger partial charge is 0.312 e. The Kier molecular flexibility index (Phi) is 5.27. The quantitative estimate of drug-likeness (QED) is 0.753. The van der Waals surface area contributed by atoms with Crippen LogP contribution in [0, 0.1) is 20.8 Å². The third-order valence-corrected chi connectivity index (χ3v) is 5.51. The van der Waals surface area contributed by atoms with Crippen LogP contribution in [0.25, 0.3) is 5.69 Å². The van der Waals surface area contributed by atoms with E-state index in [4.69, 9.17) is 0 Å². The van der Waals surface area contributed by atoms with Gasteiger partial charge in [0.05, 0.1) is 11.4 Å². The number of carbonyl (C=O) groups excluding carboxylic acids is 3. The van der Waals surface area contributed by atoms with E-state index in [-0.39, 0.29) is 11.9 Å². The minimum atomic E-state index is -0.551. The van der Waals surface area contributed by atoms with Gasteiger partial charge in [-0.2, -0.15) is 9.90 Å². The van der Waals surface area contributed by atoms with Gasteiger partial charge in [0.2, 0.25) is 0 Å². The number of hydrogen-bond acceptors (Lipinski definition) is 5. The zero-order valence-electron chi connectivity index (χ0n) is 17.5. The Bertz CT molecular complexity index is 1000. The van der Waals surface area contributed by atoms with Crippen molar-refractivity contribution in [3.8, 4) is 5.69 Å². The zero-order valence-corrected chi connectivity index (χ0v) is 17.5. The molecule has 30 heavy (non-hydrogen) atoms. The topological polar surface area (TPSA) is 100 Å². The van der Waals surface area contributed by atoms with Crippen molar-refractivity contribution >= 4 is 17.7 Å². The number of hydrogen-bond donors (Lipinski definition) is 1. The highest BCUT2D eigenvalue weighted by Crippen LogP contribution is 2.19. The summed E-state index contributed by atoms with van der Waals surface area (Å²) in [6.45, 7) is 7.14. The summed E-state index contributed by atoms with van der Waals surface area (Å²) < 4.78 is 0. The summed E-state index contributed by atoms with van der Waals surface area (Å²) in [5, 5.41) is 11.6. The first-order valence-corrected chi connectivity index (χ1v) is 10.2. The Morgan fingerprint density at radius 2 is 1.63 bits per heavy atom. The molecule has 1 N–H and O–H groups in total. The van der Waals surface area contributed by atoms with E-state index in [1.807, 2.05) is 32.0 Å². The molecule has 1 saturated carbocycles. The number of benzene rings is 1. The molecule has 0 radical (unpaired) electrons. The van der Waals surface area contributed by atoms with Gasteiger partial charge in [-0.3, -0.25) is 14.4 Å². The standard InChI is InChI=1S/C21H26N6O3/c1-13-4-7-17(14(2)12-13)27-23-15(3)18(24-27)20(29)25-8-10-26(11-9-25)21(30)19(28)22-16-5-6-16/h4,7,12,16H,5-6,8-11H2,1-3H3,(H,22,28). The van der Waals surface area contributed by atoms with Crippen LogP contribution in [0.4, 0.5) is 0 Å². The second-order valence-corrected chi connectivity index (χ2v) is 8.05. The van der Waals surface area contributed by atoms with Crippen molar-refractivity contribution in [1.82, 2.24) is 30.1 Å². The van der Waals surface area contributed by atoms with E-state index in [9.17, 15) is 14.4 Å². The van der Waals surface area contributed by atoms with E-state index in [2.05, 4.69) is 15.5 Å². The Hall–Kier alpha value is -3.23. The summed E-state index contributed by atoms with van der Waals surface area (Å²) in [6.07, 6.45) is 1.87. The molecule has 0 unspecified atom stereocenters. The van der Waals surface area contributed by atoms with Crippen LogP contribution in [0.2, 0.25) is 0 Å². The summed E-state index contributed by atoms with van der Waals surface area (Å²) in [5.74, 6) is -1.28. The Balaban J connectivity index is 1.41. The summed E-state index contributed by atoms with van der Waals surface area (Å²) in [4.78, 5) is 41.9. The van der Waals surface area contributed by atoms with Crippen molar-refractivity contribution in [1.29, 1.82) is 0 Å². The van der Waals surface area contributed by atoms with Gasteiger partial charge in [-0.05, 0) is 45.2 Å². The molecule has 158 valence electrons. The lowest BCUT2D eigenvalue weighted by molar-refractivity contribution is -0.146. The number of nitrogens with zero attached hydrogens (tertiary/aromatic N) is 5. The highest BCUT2D eigenvalue weighted by atomic mass is 16.2. The molecular weight excluding hydrogens is 384 g/mol. The van der Waals surface area contributed by atoms with Crippen LogP contribution in [0.1, 0.15) is 40.2 Å². The second-order valence-electron chi connectivity index (χ2n) is 8.05. The lowest BCUT2D eigenvalue weighted by Crippen LogP contribution is -2.54. The fourth-order valence-electron chi connectivity index (χ4n) is 3.59. The number of aryl methyl sites for hydroxylation is 3. The molecule has 1 aliphatic heterocycles. The third kappa shape index (κ3) is 4.05. The minimum absolute atomic E-state index is 0.145. The Morgan fingerprint density at radius 3 is 2.27 bits per heavy atom. The fourth-order valence-corrected chi connectivity index (χ4v) is 3.59. The van der Waals surface area contributed by atoms with E-state index in [1.165, 1.54) is 9.70 Å². The van der Waals surface area contributed by atoms with Crippen LogP contribution in [0.15, 0.2) is 18.2 Å². The van der Waals surface area contributed by atoms with Crippen molar-refractivity contribution in [2.75, 3.05) is 26.2 Å². The van der Waals surface area contributed by atoms with E-state index in [1.54, 1.807) is 11.8 Å². The first-order chi connectivity index (χ1) is 14.3. The molecule has 0 atom stereocenters. The molecule has 1 aromatic heterocycles. The molecule has 3 amide bonds. The molecule has 1 aromatic carbocycles. The number of piperazine rings is 1. The van der Waals surface area contributed by atoms with E-state index in [0.29, 0.717) is 37.6 Å². The van der Waals surface area contributed by atoms with Gasteiger partial charge in [-0.15, -0.1) is 5.10 Å². The molecule has 0 spiro atoms. The second kappa shape index (κ2) is 7.89. The van der Waals surface area contributed by atoms with Crippen LogP contribution >= 0.6 is 0 Å². The molecule has 2 fully saturated rings. The molecule has 2 aliphatic rings. The SMILES string of the molecule is Cc1ccc(-n2nc(C)c(C(=O)N3CCN(C(=O)C(=O)NC4CC4)CC3)n2)c(C)c1. The predicted molar refractivity (Wildman–Crippen MR) is 109 cm³/mol. The van der Waals surface area contributed by atoms with Crippen LogP contribution in [0.3, 0.4) is 0 Å². The maximum atomic E-state index is 13.0. The first kappa shape index (κ1) is 20.1. The van der Waals surface area contributed by atoms with Gasteiger partial charge in [0.1, 0.15) is 0 Å². The minimum Gasteiger partial charge on any atom is -0.345 e. The molecule has 9 heteroatoms. The van der Waals surface area contributed by atoms with Crippen molar-refractivity contribution < 1.29 is 14.4 Å². The molecule has 4 rings (SSSR count). The van der Waals surface area contributed by atoms with Gasteiger partial charge in [0.15, 0.2) is 5.69 Å². The number of amides is 3. The average Bonchev–Trinajstić information content (AvgIpc) is 3.46. The van der Waals surface area contributed by atoms with Gasteiger partial charge in [-0.1, -0.05) is 17.7 Å². The molecule has 2 aromatic rings.